The number of imidazole rings is 1. The number of aryl methyl sites for hydroxylation is 1. The molecule has 0 aromatic carbocycles. The highest BCUT2D eigenvalue weighted by atomic mass is 16.5. The van der Waals surface area contributed by atoms with Gasteiger partial charge >= 0.3 is 0 Å². The maximum atomic E-state index is 5.93. The van der Waals surface area contributed by atoms with Crippen LogP contribution in [0.1, 0.15) is 51.9 Å². The molecular weight excluding hydrogens is 264 g/mol. The van der Waals surface area contributed by atoms with E-state index in [-0.39, 0.29) is 0 Å². The summed E-state index contributed by atoms with van der Waals surface area (Å²) in [6.45, 7) is 12.9. The van der Waals surface area contributed by atoms with Gasteiger partial charge in [-0.15, -0.1) is 0 Å². The van der Waals surface area contributed by atoms with Crippen molar-refractivity contribution in [1.29, 1.82) is 0 Å². The van der Waals surface area contributed by atoms with Crippen molar-refractivity contribution in [2.45, 2.75) is 60.1 Å². The number of amidine groups is 1. The van der Waals surface area contributed by atoms with Crippen molar-refractivity contribution in [3.05, 3.63) is 17.7 Å². The molecular formula is C16H30N4O. The second-order valence-electron chi connectivity index (χ2n) is 5.63. The summed E-state index contributed by atoms with van der Waals surface area (Å²) in [7, 11) is 0. The van der Waals surface area contributed by atoms with Crippen molar-refractivity contribution in [1.82, 2.24) is 9.55 Å². The van der Waals surface area contributed by atoms with Crippen LogP contribution in [0.5, 0.6) is 0 Å². The smallest absolute Gasteiger partial charge is 0.146 e. The first-order valence-corrected chi connectivity index (χ1v) is 7.93. The summed E-state index contributed by atoms with van der Waals surface area (Å²) in [4.78, 5) is 8.61. The molecule has 0 aliphatic heterocycles. The summed E-state index contributed by atoms with van der Waals surface area (Å²) in [5, 5.41) is 0. The van der Waals surface area contributed by atoms with Crippen LogP contribution in [0.2, 0.25) is 0 Å². The second-order valence-corrected chi connectivity index (χ2v) is 5.63. The van der Waals surface area contributed by atoms with E-state index in [0.717, 1.165) is 37.4 Å². The lowest BCUT2D eigenvalue weighted by molar-refractivity contribution is 0.0583. The third kappa shape index (κ3) is 5.50. The zero-order valence-corrected chi connectivity index (χ0v) is 14.1. The summed E-state index contributed by atoms with van der Waals surface area (Å²) in [5.74, 6) is 1.16. The van der Waals surface area contributed by atoms with Crippen LogP contribution in [0.4, 0.5) is 0 Å². The molecule has 2 unspecified atom stereocenters. The molecule has 2 N–H and O–H groups in total. The van der Waals surface area contributed by atoms with Crippen LogP contribution in [0, 0.1) is 12.8 Å². The Labute approximate surface area is 128 Å². The van der Waals surface area contributed by atoms with Gasteiger partial charge in [0.25, 0.3) is 0 Å². The van der Waals surface area contributed by atoms with Crippen LogP contribution < -0.4 is 5.73 Å². The van der Waals surface area contributed by atoms with Gasteiger partial charge in [0, 0.05) is 25.4 Å². The van der Waals surface area contributed by atoms with E-state index in [1.54, 1.807) is 0 Å². The molecule has 0 spiro atoms. The van der Waals surface area contributed by atoms with E-state index in [9.17, 15) is 0 Å². The third-order valence-electron chi connectivity index (χ3n) is 3.72. The van der Waals surface area contributed by atoms with Crippen LogP contribution in [-0.2, 0) is 11.3 Å². The average molecular weight is 294 g/mol. The summed E-state index contributed by atoms with van der Waals surface area (Å²) in [5.41, 5.74) is 7.84. The number of aliphatic imine (C=N–C) groups is 1. The summed E-state index contributed by atoms with van der Waals surface area (Å²) >= 11 is 0. The molecule has 1 heterocycles. The average Bonchev–Trinajstić information content (AvgIpc) is 2.78. The van der Waals surface area contributed by atoms with Gasteiger partial charge in [-0.2, -0.15) is 0 Å². The summed E-state index contributed by atoms with van der Waals surface area (Å²) < 4.78 is 7.76. The van der Waals surface area contributed by atoms with Crippen molar-refractivity contribution < 1.29 is 4.74 Å². The molecule has 0 saturated carbocycles. The van der Waals surface area contributed by atoms with E-state index in [1.807, 2.05) is 27.1 Å². The number of hydrogen-bond donors (Lipinski definition) is 1. The Balaban J connectivity index is 2.55. The minimum Gasteiger partial charge on any atom is -0.382 e. The predicted octanol–water partition coefficient (Wildman–Crippen LogP) is 2.76. The molecule has 0 saturated heterocycles. The van der Waals surface area contributed by atoms with Crippen LogP contribution in [0.3, 0.4) is 0 Å². The first-order chi connectivity index (χ1) is 9.99. The Kier molecular flexibility index (Phi) is 7.43. The van der Waals surface area contributed by atoms with E-state index in [0.29, 0.717) is 24.4 Å². The van der Waals surface area contributed by atoms with Gasteiger partial charge in [0.15, 0.2) is 0 Å². The van der Waals surface area contributed by atoms with Crippen molar-refractivity contribution in [3.8, 4) is 0 Å². The standard InChI is InChI=1S/C16H30N4O/c1-6-18-16(17)15-14(5)20(11-19-15)9-8-12(3)10-13(4)21-7-2/h11-13H,6-10H2,1-5H3,(H2,17,18). The summed E-state index contributed by atoms with van der Waals surface area (Å²) in [6, 6.07) is 0. The highest BCUT2D eigenvalue weighted by molar-refractivity contribution is 5.96. The highest BCUT2D eigenvalue weighted by Gasteiger charge is 2.12. The van der Waals surface area contributed by atoms with Crippen LogP contribution in [-0.4, -0.2) is 34.6 Å². The lowest BCUT2D eigenvalue weighted by atomic mass is 10.0. The molecule has 5 heteroatoms. The monoisotopic (exact) mass is 294 g/mol. The Morgan fingerprint density at radius 3 is 2.76 bits per heavy atom. The van der Waals surface area contributed by atoms with E-state index >= 15 is 0 Å². The lowest BCUT2D eigenvalue weighted by Gasteiger charge is -2.17. The number of nitrogens with zero attached hydrogens (tertiary/aromatic N) is 3. The minimum atomic E-state index is 0.330. The Morgan fingerprint density at radius 2 is 2.14 bits per heavy atom. The van der Waals surface area contributed by atoms with Gasteiger partial charge in [0.2, 0.25) is 0 Å². The first-order valence-electron chi connectivity index (χ1n) is 7.93. The van der Waals surface area contributed by atoms with Gasteiger partial charge in [-0.25, -0.2) is 4.98 Å². The van der Waals surface area contributed by atoms with Crippen molar-refractivity contribution in [2.75, 3.05) is 13.2 Å². The fourth-order valence-corrected chi connectivity index (χ4v) is 2.56. The second kappa shape index (κ2) is 8.82. The molecule has 1 rings (SSSR count). The van der Waals surface area contributed by atoms with E-state index < -0.39 is 0 Å². The molecule has 0 aliphatic rings. The van der Waals surface area contributed by atoms with Gasteiger partial charge in [-0.3, -0.25) is 4.99 Å². The number of aromatic nitrogens is 2. The maximum Gasteiger partial charge on any atom is 0.146 e. The zero-order valence-electron chi connectivity index (χ0n) is 14.1. The maximum absolute atomic E-state index is 5.93. The quantitative estimate of drug-likeness (QED) is 0.562. The Bertz CT molecular complexity index is 453. The molecule has 120 valence electrons. The number of hydrogen-bond acceptors (Lipinski definition) is 3. The van der Waals surface area contributed by atoms with E-state index in [2.05, 4.69) is 28.4 Å². The molecule has 0 radical (unpaired) electrons. The Hall–Kier alpha value is -1.36. The number of nitrogens with two attached hydrogens (primary N) is 1. The van der Waals surface area contributed by atoms with Crippen molar-refractivity contribution in [2.24, 2.45) is 16.6 Å². The Morgan fingerprint density at radius 1 is 1.43 bits per heavy atom. The largest absolute Gasteiger partial charge is 0.382 e. The van der Waals surface area contributed by atoms with Crippen molar-refractivity contribution in [3.63, 3.8) is 0 Å². The van der Waals surface area contributed by atoms with Crippen LogP contribution in [0.15, 0.2) is 11.3 Å². The molecule has 2 atom stereocenters. The van der Waals surface area contributed by atoms with E-state index in [4.69, 9.17) is 10.5 Å². The first kappa shape index (κ1) is 17.7. The molecule has 0 bridgehead atoms. The fourth-order valence-electron chi connectivity index (χ4n) is 2.56. The minimum absolute atomic E-state index is 0.330. The highest BCUT2D eigenvalue weighted by Crippen LogP contribution is 2.15. The predicted molar refractivity (Wildman–Crippen MR) is 87.7 cm³/mol. The molecule has 0 aliphatic carbocycles. The number of ether oxygens (including phenoxy) is 1. The summed E-state index contributed by atoms with van der Waals surface area (Å²) in [6.07, 6.45) is 4.39. The van der Waals surface area contributed by atoms with E-state index in [1.165, 1.54) is 0 Å². The van der Waals surface area contributed by atoms with Gasteiger partial charge in [0.05, 0.1) is 12.4 Å². The van der Waals surface area contributed by atoms with Crippen LogP contribution in [0.25, 0.3) is 0 Å². The molecule has 0 amide bonds. The molecule has 1 aromatic rings. The topological polar surface area (TPSA) is 65.4 Å². The molecule has 21 heavy (non-hydrogen) atoms. The van der Waals surface area contributed by atoms with Crippen LogP contribution >= 0.6 is 0 Å². The molecule has 0 fully saturated rings. The zero-order chi connectivity index (χ0) is 15.8. The fraction of sp³-hybridized carbons (Fsp3) is 0.750. The van der Waals surface area contributed by atoms with Crippen molar-refractivity contribution >= 4 is 5.84 Å². The number of rotatable bonds is 9. The molecule has 5 nitrogen and oxygen atoms in total. The normalized spacial score (nSPS) is 15.2. The third-order valence-corrected chi connectivity index (χ3v) is 3.72. The van der Waals surface area contributed by atoms with Gasteiger partial charge in [-0.1, -0.05) is 6.92 Å². The van der Waals surface area contributed by atoms with Gasteiger partial charge in [0.1, 0.15) is 11.5 Å². The SMILES string of the molecule is CCN=C(N)c1ncn(CCC(C)CC(C)OCC)c1C. The van der Waals surface area contributed by atoms with Gasteiger partial charge in [-0.05, 0) is 46.5 Å². The molecule has 1 aromatic heterocycles. The van der Waals surface area contributed by atoms with Gasteiger partial charge < -0.3 is 15.0 Å². The lowest BCUT2D eigenvalue weighted by Crippen LogP contribution is -2.17.